The van der Waals surface area contributed by atoms with Crippen LogP contribution in [0.25, 0.3) is 0 Å². The number of anilines is 1. The molecule has 0 saturated carbocycles. The van der Waals surface area contributed by atoms with Crippen LogP contribution in [0.5, 0.6) is 0 Å². The molecule has 1 saturated heterocycles. The van der Waals surface area contributed by atoms with E-state index in [1.165, 1.54) is 18.2 Å². The zero-order chi connectivity index (χ0) is 14.5. The Morgan fingerprint density at radius 2 is 2.30 bits per heavy atom. The summed E-state index contributed by atoms with van der Waals surface area (Å²) in [5, 5.41) is 13.5. The Morgan fingerprint density at radius 3 is 2.95 bits per heavy atom. The molecule has 1 aliphatic heterocycles. The van der Waals surface area contributed by atoms with Crippen LogP contribution in [0.15, 0.2) is 18.2 Å². The molecule has 7 nitrogen and oxygen atoms in total. The van der Waals surface area contributed by atoms with Gasteiger partial charge in [0, 0.05) is 24.8 Å². The van der Waals surface area contributed by atoms with Gasteiger partial charge in [-0.2, -0.15) is 0 Å². The van der Waals surface area contributed by atoms with Crippen LogP contribution in [0.3, 0.4) is 0 Å². The fraction of sp³-hybridized carbons (Fsp3) is 0.462. The van der Waals surface area contributed by atoms with Crippen LogP contribution in [0.4, 0.5) is 11.4 Å². The summed E-state index contributed by atoms with van der Waals surface area (Å²) in [5.41, 5.74) is 5.50. The minimum Gasteiger partial charge on any atom is -0.393 e. The zero-order valence-electron chi connectivity index (χ0n) is 11.0. The van der Waals surface area contributed by atoms with E-state index < -0.39 is 4.92 Å². The van der Waals surface area contributed by atoms with Crippen LogP contribution < -0.4 is 11.1 Å². The number of ether oxygens (including phenoxy) is 1. The monoisotopic (exact) mass is 279 g/mol. The normalized spacial score (nSPS) is 18.5. The van der Waals surface area contributed by atoms with Crippen LogP contribution in [-0.2, 0) is 4.74 Å². The lowest BCUT2D eigenvalue weighted by atomic mass is 10.1. The van der Waals surface area contributed by atoms with Crippen molar-refractivity contribution in [3.05, 3.63) is 33.9 Å². The van der Waals surface area contributed by atoms with Crippen molar-refractivity contribution in [1.82, 2.24) is 5.32 Å². The standard InChI is InChI=1S/C13H17N3O4/c14-11-5-4-9(7-12(11)16(18)19)13(17)15-8-10-3-1-2-6-20-10/h4-5,7,10H,1-3,6,8,14H2,(H,15,17). The maximum Gasteiger partial charge on any atom is 0.292 e. The Bertz CT molecular complexity index is 512. The minimum atomic E-state index is -0.601. The van der Waals surface area contributed by atoms with Crippen molar-refractivity contribution in [1.29, 1.82) is 0 Å². The fourth-order valence-electron chi connectivity index (χ4n) is 2.12. The summed E-state index contributed by atoms with van der Waals surface area (Å²) < 4.78 is 5.50. The summed E-state index contributed by atoms with van der Waals surface area (Å²) in [6.07, 6.45) is 3.08. The van der Waals surface area contributed by atoms with E-state index in [4.69, 9.17) is 10.5 Å². The lowest BCUT2D eigenvalue weighted by Gasteiger charge is -2.22. The number of nitrogens with one attached hydrogen (secondary N) is 1. The maximum atomic E-state index is 11.9. The van der Waals surface area contributed by atoms with Gasteiger partial charge in [0.15, 0.2) is 0 Å². The van der Waals surface area contributed by atoms with Gasteiger partial charge in [-0.3, -0.25) is 14.9 Å². The molecule has 1 atom stereocenters. The SMILES string of the molecule is Nc1ccc(C(=O)NCC2CCCCO2)cc1[N+](=O)[O-]. The lowest BCUT2D eigenvalue weighted by molar-refractivity contribution is -0.383. The number of benzene rings is 1. The van der Waals surface area contributed by atoms with Gasteiger partial charge >= 0.3 is 0 Å². The molecule has 0 spiro atoms. The maximum absolute atomic E-state index is 11.9. The van der Waals surface area contributed by atoms with Gasteiger partial charge in [-0.1, -0.05) is 0 Å². The van der Waals surface area contributed by atoms with E-state index >= 15 is 0 Å². The van der Waals surface area contributed by atoms with Crippen molar-refractivity contribution < 1.29 is 14.5 Å². The molecule has 108 valence electrons. The smallest absolute Gasteiger partial charge is 0.292 e. The molecular formula is C13H17N3O4. The third kappa shape index (κ3) is 3.45. The molecule has 0 aromatic heterocycles. The van der Waals surface area contributed by atoms with Gasteiger partial charge in [0.2, 0.25) is 0 Å². The van der Waals surface area contributed by atoms with Crippen molar-refractivity contribution in [3.8, 4) is 0 Å². The van der Waals surface area contributed by atoms with E-state index in [0.717, 1.165) is 19.3 Å². The molecule has 0 aliphatic carbocycles. The Balaban J connectivity index is 1.98. The third-order valence-corrected chi connectivity index (χ3v) is 3.25. The predicted molar refractivity (Wildman–Crippen MR) is 73.4 cm³/mol. The highest BCUT2D eigenvalue weighted by molar-refractivity contribution is 5.95. The number of nitrogens with zero attached hydrogens (tertiary/aromatic N) is 1. The largest absolute Gasteiger partial charge is 0.393 e. The van der Waals surface area contributed by atoms with Gasteiger partial charge in [-0.15, -0.1) is 0 Å². The molecule has 1 unspecified atom stereocenters. The molecule has 2 rings (SSSR count). The molecular weight excluding hydrogens is 262 g/mol. The number of nitrogen functional groups attached to an aromatic ring is 1. The number of nitro groups is 1. The summed E-state index contributed by atoms with van der Waals surface area (Å²) in [6, 6.07) is 4.02. The quantitative estimate of drug-likeness (QED) is 0.493. The molecule has 3 N–H and O–H groups in total. The number of nitrogens with two attached hydrogens (primary N) is 1. The molecule has 1 aliphatic rings. The second-order valence-electron chi connectivity index (χ2n) is 4.73. The van der Waals surface area contributed by atoms with Crippen LogP contribution in [0.1, 0.15) is 29.6 Å². The van der Waals surface area contributed by atoms with Crippen LogP contribution in [-0.4, -0.2) is 30.1 Å². The summed E-state index contributed by atoms with van der Waals surface area (Å²) >= 11 is 0. The molecule has 1 amide bonds. The van der Waals surface area contributed by atoms with Crippen molar-refractivity contribution in [3.63, 3.8) is 0 Å². The Morgan fingerprint density at radius 1 is 1.50 bits per heavy atom. The van der Waals surface area contributed by atoms with Gasteiger partial charge in [0.1, 0.15) is 5.69 Å². The van der Waals surface area contributed by atoms with Gasteiger partial charge in [-0.25, -0.2) is 0 Å². The average molecular weight is 279 g/mol. The van der Waals surface area contributed by atoms with Crippen molar-refractivity contribution in [2.24, 2.45) is 0 Å². The molecule has 1 fully saturated rings. The van der Waals surface area contributed by atoms with Crippen LogP contribution >= 0.6 is 0 Å². The van der Waals surface area contributed by atoms with E-state index in [1.54, 1.807) is 0 Å². The first kappa shape index (κ1) is 14.3. The zero-order valence-corrected chi connectivity index (χ0v) is 11.0. The molecule has 1 aromatic carbocycles. The van der Waals surface area contributed by atoms with Gasteiger partial charge in [-0.05, 0) is 31.4 Å². The van der Waals surface area contributed by atoms with E-state index in [1.807, 2.05) is 0 Å². The number of amides is 1. The molecule has 20 heavy (non-hydrogen) atoms. The summed E-state index contributed by atoms with van der Waals surface area (Å²) in [7, 11) is 0. The average Bonchev–Trinajstić information content (AvgIpc) is 2.46. The van der Waals surface area contributed by atoms with E-state index in [-0.39, 0.29) is 28.9 Å². The fourth-order valence-corrected chi connectivity index (χ4v) is 2.12. The molecule has 1 heterocycles. The Labute approximate surface area is 116 Å². The number of nitro benzene ring substituents is 1. The van der Waals surface area contributed by atoms with E-state index in [2.05, 4.69) is 5.32 Å². The number of hydrogen-bond acceptors (Lipinski definition) is 5. The summed E-state index contributed by atoms with van der Waals surface area (Å²) in [5.74, 6) is -0.359. The number of rotatable bonds is 4. The molecule has 7 heteroatoms. The predicted octanol–water partition coefficient (Wildman–Crippen LogP) is 1.48. The summed E-state index contributed by atoms with van der Waals surface area (Å²) in [6.45, 7) is 1.13. The molecule has 1 aromatic rings. The number of hydrogen-bond donors (Lipinski definition) is 2. The lowest BCUT2D eigenvalue weighted by Crippen LogP contribution is -2.35. The third-order valence-electron chi connectivity index (χ3n) is 3.25. The number of carbonyl (C=O) groups excluding carboxylic acids is 1. The summed E-state index contributed by atoms with van der Waals surface area (Å²) in [4.78, 5) is 22.1. The highest BCUT2D eigenvalue weighted by Gasteiger charge is 2.18. The highest BCUT2D eigenvalue weighted by Crippen LogP contribution is 2.22. The van der Waals surface area contributed by atoms with Crippen molar-refractivity contribution in [2.45, 2.75) is 25.4 Å². The van der Waals surface area contributed by atoms with Gasteiger partial charge < -0.3 is 15.8 Å². The van der Waals surface area contributed by atoms with E-state index in [0.29, 0.717) is 13.2 Å². The number of carbonyl (C=O) groups is 1. The Kier molecular flexibility index (Phi) is 4.52. The first-order chi connectivity index (χ1) is 9.58. The first-order valence-corrected chi connectivity index (χ1v) is 6.51. The first-order valence-electron chi connectivity index (χ1n) is 6.51. The van der Waals surface area contributed by atoms with Gasteiger partial charge in [0.25, 0.3) is 11.6 Å². The minimum absolute atomic E-state index is 0.0245. The second-order valence-corrected chi connectivity index (χ2v) is 4.73. The Hall–Kier alpha value is -2.15. The van der Waals surface area contributed by atoms with Gasteiger partial charge in [0.05, 0.1) is 11.0 Å². The van der Waals surface area contributed by atoms with Crippen molar-refractivity contribution >= 4 is 17.3 Å². The van der Waals surface area contributed by atoms with Crippen molar-refractivity contribution in [2.75, 3.05) is 18.9 Å². The van der Waals surface area contributed by atoms with Crippen LogP contribution in [0, 0.1) is 10.1 Å². The second kappa shape index (κ2) is 6.33. The topological polar surface area (TPSA) is 107 Å². The van der Waals surface area contributed by atoms with E-state index in [9.17, 15) is 14.9 Å². The molecule has 0 radical (unpaired) electrons. The van der Waals surface area contributed by atoms with Crippen LogP contribution in [0.2, 0.25) is 0 Å². The highest BCUT2D eigenvalue weighted by atomic mass is 16.6. The molecule has 0 bridgehead atoms.